The van der Waals surface area contributed by atoms with E-state index in [-0.39, 0.29) is 12.1 Å². The van der Waals surface area contributed by atoms with Gasteiger partial charge in [-0.3, -0.25) is 4.79 Å². The van der Waals surface area contributed by atoms with Crippen molar-refractivity contribution < 1.29 is 14.6 Å². The van der Waals surface area contributed by atoms with Gasteiger partial charge in [-0.05, 0) is 31.6 Å². The Morgan fingerprint density at radius 3 is 3.07 bits per heavy atom. The van der Waals surface area contributed by atoms with E-state index in [1.807, 2.05) is 0 Å². The Bertz CT molecular complexity index is 272. The number of hydrogen-bond acceptors (Lipinski definition) is 3. The van der Waals surface area contributed by atoms with Crippen LogP contribution in [0.2, 0.25) is 0 Å². The van der Waals surface area contributed by atoms with Crippen LogP contribution in [0.4, 0.5) is 0 Å². The zero-order valence-electron chi connectivity index (χ0n) is 8.40. The van der Waals surface area contributed by atoms with Crippen LogP contribution in [0.15, 0.2) is 12.2 Å². The smallest absolute Gasteiger partial charge is 0.312 e. The average molecular weight is 196 g/mol. The molecule has 0 aromatic heterocycles. The highest BCUT2D eigenvalue weighted by molar-refractivity contribution is 5.77. The van der Waals surface area contributed by atoms with Crippen molar-refractivity contribution in [1.29, 1.82) is 0 Å². The largest absolute Gasteiger partial charge is 0.469 e. The van der Waals surface area contributed by atoms with Crippen LogP contribution in [0, 0.1) is 11.3 Å². The summed E-state index contributed by atoms with van der Waals surface area (Å²) in [5.41, 5.74) is -0.439. The van der Waals surface area contributed by atoms with E-state index in [0.717, 1.165) is 12.8 Å². The van der Waals surface area contributed by atoms with Crippen molar-refractivity contribution in [2.24, 2.45) is 11.3 Å². The zero-order valence-corrected chi connectivity index (χ0v) is 8.40. The van der Waals surface area contributed by atoms with Crippen molar-refractivity contribution >= 4 is 5.97 Å². The van der Waals surface area contributed by atoms with Gasteiger partial charge in [0.25, 0.3) is 0 Å². The van der Waals surface area contributed by atoms with Gasteiger partial charge in [-0.2, -0.15) is 0 Å². The van der Waals surface area contributed by atoms with Crippen LogP contribution < -0.4 is 0 Å². The van der Waals surface area contributed by atoms with Crippen LogP contribution in [0.5, 0.6) is 0 Å². The van der Waals surface area contributed by atoms with Crippen LogP contribution in [0.25, 0.3) is 0 Å². The van der Waals surface area contributed by atoms with E-state index in [4.69, 9.17) is 4.74 Å². The third kappa shape index (κ3) is 1.46. The lowest BCUT2D eigenvalue weighted by atomic mass is 9.64. The molecule has 0 amide bonds. The molecule has 3 atom stereocenters. The van der Waals surface area contributed by atoms with Crippen molar-refractivity contribution in [3.8, 4) is 0 Å². The first-order valence-corrected chi connectivity index (χ1v) is 5.09. The second-order valence-electron chi connectivity index (χ2n) is 4.46. The Morgan fingerprint density at radius 2 is 2.36 bits per heavy atom. The van der Waals surface area contributed by atoms with Crippen LogP contribution in [-0.2, 0) is 9.53 Å². The fourth-order valence-corrected chi connectivity index (χ4v) is 2.82. The molecule has 3 heteroatoms. The molecule has 0 spiro atoms. The summed E-state index contributed by atoms with van der Waals surface area (Å²) in [5, 5.41) is 9.68. The molecule has 0 aromatic rings. The number of allylic oxidation sites excluding steroid dienone is 2. The Kier molecular flexibility index (Phi) is 2.35. The average Bonchev–Trinajstić information content (AvgIpc) is 2.15. The SMILES string of the molecule is COC(=O)C12CC=CC(CC(O)C1)C2. The molecule has 3 nitrogen and oxygen atoms in total. The molecule has 2 aliphatic carbocycles. The minimum Gasteiger partial charge on any atom is -0.469 e. The number of carbonyl (C=O) groups excluding carboxylic acids is 1. The highest BCUT2D eigenvalue weighted by atomic mass is 16.5. The van der Waals surface area contributed by atoms with E-state index in [9.17, 15) is 9.90 Å². The van der Waals surface area contributed by atoms with Crippen LogP contribution in [0.1, 0.15) is 25.7 Å². The van der Waals surface area contributed by atoms with Crippen molar-refractivity contribution in [2.75, 3.05) is 7.11 Å². The highest BCUT2D eigenvalue weighted by Crippen LogP contribution is 2.46. The third-order valence-corrected chi connectivity index (χ3v) is 3.39. The standard InChI is InChI=1S/C11H16O3/c1-14-10(13)11-4-2-3-8(6-11)5-9(12)7-11/h2-3,8-9,12H,4-7H2,1H3. The molecule has 1 N–H and O–H groups in total. The molecule has 3 unspecified atom stereocenters. The number of ether oxygens (including phenoxy) is 1. The maximum Gasteiger partial charge on any atom is 0.312 e. The molecule has 14 heavy (non-hydrogen) atoms. The lowest BCUT2D eigenvalue weighted by molar-refractivity contribution is -0.159. The molecule has 0 radical (unpaired) electrons. The quantitative estimate of drug-likeness (QED) is 0.507. The summed E-state index contributed by atoms with van der Waals surface area (Å²) in [6, 6.07) is 0. The number of aliphatic hydroxyl groups is 1. The van der Waals surface area contributed by atoms with Gasteiger partial charge in [0.15, 0.2) is 0 Å². The molecule has 78 valence electrons. The lowest BCUT2D eigenvalue weighted by Gasteiger charge is -2.42. The predicted octanol–water partition coefficient (Wildman–Crippen LogP) is 1.27. The Labute approximate surface area is 83.8 Å². The second-order valence-corrected chi connectivity index (χ2v) is 4.46. The van der Waals surface area contributed by atoms with Gasteiger partial charge in [0.05, 0.1) is 18.6 Å². The number of methoxy groups -OCH3 is 1. The van der Waals surface area contributed by atoms with E-state index in [0.29, 0.717) is 18.8 Å². The normalized spacial score (nSPS) is 40.7. The fraction of sp³-hybridized carbons (Fsp3) is 0.727. The van der Waals surface area contributed by atoms with Gasteiger partial charge in [-0.1, -0.05) is 12.2 Å². The first-order chi connectivity index (χ1) is 6.66. The van der Waals surface area contributed by atoms with Crippen LogP contribution in [-0.4, -0.2) is 24.3 Å². The van der Waals surface area contributed by atoms with Crippen molar-refractivity contribution in [3.05, 3.63) is 12.2 Å². The van der Waals surface area contributed by atoms with E-state index in [2.05, 4.69) is 12.2 Å². The zero-order chi connectivity index (χ0) is 10.2. The van der Waals surface area contributed by atoms with E-state index in [1.54, 1.807) is 0 Å². The van der Waals surface area contributed by atoms with Crippen LogP contribution in [0.3, 0.4) is 0 Å². The molecular formula is C11H16O3. The van der Waals surface area contributed by atoms with E-state index < -0.39 is 5.41 Å². The van der Waals surface area contributed by atoms with Gasteiger partial charge in [0, 0.05) is 0 Å². The van der Waals surface area contributed by atoms with Gasteiger partial charge < -0.3 is 9.84 Å². The number of esters is 1. The minimum atomic E-state index is -0.439. The summed E-state index contributed by atoms with van der Waals surface area (Å²) in [5.74, 6) is 0.192. The molecular weight excluding hydrogens is 180 g/mol. The lowest BCUT2D eigenvalue weighted by Crippen LogP contribution is -2.43. The molecule has 0 heterocycles. The predicted molar refractivity (Wildman–Crippen MR) is 51.6 cm³/mol. The Hall–Kier alpha value is -0.830. The van der Waals surface area contributed by atoms with Crippen molar-refractivity contribution in [1.82, 2.24) is 0 Å². The third-order valence-electron chi connectivity index (χ3n) is 3.39. The van der Waals surface area contributed by atoms with Gasteiger partial charge >= 0.3 is 5.97 Å². The molecule has 2 bridgehead atoms. The number of fused-ring (bicyclic) bond motifs is 2. The second kappa shape index (κ2) is 3.39. The fourth-order valence-electron chi connectivity index (χ4n) is 2.82. The summed E-state index contributed by atoms with van der Waals surface area (Å²) < 4.78 is 4.83. The topological polar surface area (TPSA) is 46.5 Å². The first-order valence-electron chi connectivity index (χ1n) is 5.09. The molecule has 2 rings (SSSR count). The molecule has 1 fully saturated rings. The van der Waals surface area contributed by atoms with Gasteiger partial charge in [-0.25, -0.2) is 0 Å². The number of hydrogen-bond donors (Lipinski definition) is 1. The van der Waals surface area contributed by atoms with Crippen molar-refractivity contribution in [2.45, 2.75) is 31.8 Å². The van der Waals surface area contributed by atoms with E-state index >= 15 is 0 Å². The minimum absolute atomic E-state index is 0.161. The maximum atomic E-state index is 11.7. The summed E-state index contributed by atoms with van der Waals surface area (Å²) in [4.78, 5) is 11.7. The highest BCUT2D eigenvalue weighted by Gasteiger charge is 2.46. The summed E-state index contributed by atoms with van der Waals surface area (Å²) in [7, 11) is 1.42. The Balaban J connectivity index is 2.25. The van der Waals surface area contributed by atoms with Gasteiger partial charge in [-0.15, -0.1) is 0 Å². The Morgan fingerprint density at radius 1 is 1.57 bits per heavy atom. The molecule has 0 saturated heterocycles. The van der Waals surface area contributed by atoms with Gasteiger partial charge in [0.1, 0.15) is 0 Å². The molecule has 0 aliphatic heterocycles. The number of aliphatic hydroxyl groups excluding tert-OH is 1. The first kappa shape index (κ1) is 9.71. The monoisotopic (exact) mass is 196 g/mol. The van der Waals surface area contributed by atoms with Gasteiger partial charge in [0.2, 0.25) is 0 Å². The maximum absolute atomic E-state index is 11.7. The summed E-state index contributed by atoms with van der Waals surface area (Å²) >= 11 is 0. The molecule has 2 aliphatic rings. The molecule has 1 saturated carbocycles. The number of carbonyl (C=O) groups is 1. The molecule has 0 aromatic carbocycles. The van der Waals surface area contributed by atoms with E-state index in [1.165, 1.54) is 7.11 Å². The number of rotatable bonds is 1. The summed E-state index contributed by atoms with van der Waals surface area (Å²) in [6.45, 7) is 0. The van der Waals surface area contributed by atoms with Crippen LogP contribution >= 0.6 is 0 Å². The summed E-state index contributed by atoms with van der Waals surface area (Å²) in [6.07, 6.45) is 6.72. The van der Waals surface area contributed by atoms with Crippen molar-refractivity contribution in [3.63, 3.8) is 0 Å².